The quantitative estimate of drug-likeness (QED) is 0.219. The molecule has 0 aliphatic rings. The lowest BCUT2D eigenvalue weighted by Gasteiger charge is -2.34. The number of rotatable bonds is 10. The molecular weight excluding hydrogens is 590 g/mol. The Hall–Kier alpha value is -0.943. The molecule has 0 saturated heterocycles. The zero-order chi connectivity index (χ0) is 23.9. The van der Waals surface area contributed by atoms with E-state index in [9.17, 15) is 13.6 Å². The van der Waals surface area contributed by atoms with E-state index in [1.807, 2.05) is 0 Å². The maximum atomic E-state index is 13.3. The number of amides is 1. The highest BCUT2D eigenvalue weighted by Gasteiger charge is 2.34. The lowest BCUT2D eigenvalue weighted by Crippen LogP contribution is -2.39. The van der Waals surface area contributed by atoms with Gasteiger partial charge in [0.25, 0.3) is 0 Å². The van der Waals surface area contributed by atoms with Crippen molar-refractivity contribution in [2.45, 2.75) is 51.6 Å². The number of alkyl carbamates (subject to hydrolysis) is 1. The fourth-order valence-corrected chi connectivity index (χ4v) is 7.94. The fraction of sp³-hybridized carbons (Fsp3) is 0.409. The van der Waals surface area contributed by atoms with Gasteiger partial charge in [-0.05, 0) is 70.6 Å². The van der Waals surface area contributed by atoms with Gasteiger partial charge in [0, 0.05) is 31.8 Å². The van der Waals surface area contributed by atoms with Gasteiger partial charge in [-0.1, -0.05) is 44.0 Å². The summed E-state index contributed by atoms with van der Waals surface area (Å²) >= 11 is 15.1. The van der Waals surface area contributed by atoms with Gasteiger partial charge < -0.3 is 14.5 Å². The minimum Gasteiger partial charge on any atom is -0.446 e. The van der Waals surface area contributed by atoms with Crippen molar-refractivity contribution < 1.29 is 22.7 Å². The van der Waals surface area contributed by atoms with Crippen molar-refractivity contribution in [1.82, 2.24) is 5.32 Å². The van der Waals surface area contributed by atoms with Crippen LogP contribution in [0.15, 0.2) is 30.3 Å². The van der Waals surface area contributed by atoms with Crippen molar-refractivity contribution in [3.05, 3.63) is 66.7 Å². The summed E-state index contributed by atoms with van der Waals surface area (Å²) in [5, 5.41) is 3.38. The number of carbonyl (C=O) groups is 1. The number of nitrogens with one attached hydrogen (secondary N) is 1. The molecule has 0 radical (unpaired) electrons. The van der Waals surface area contributed by atoms with Crippen molar-refractivity contribution in [2.75, 3.05) is 6.61 Å². The monoisotopic (exact) mass is 615 g/mol. The van der Waals surface area contributed by atoms with Crippen molar-refractivity contribution >= 4 is 60.2 Å². The van der Waals surface area contributed by atoms with Crippen LogP contribution in [0.25, 0.3) is 0 Å². The lowest BCUT2D eigenvalue weighted by atomic mass is 10.1. The molecule has 1 unspecified atom stereocenters. The smallest absolute Gasteiger partial charge is 0.407 e. The van der Waals surface area contributed by atoms with E-state index in [-0.39, 0.29) is 18.7 Å². The highest BCUT2D eigenvalue weighted by Crippen LogP contribution is 2.38. The van der Waals surface area contributed by atoms with Gasteiger partial charge >= 0.3 is 6.09 Å². The second-order valence-corrected chi connectivity index (χ2v) is 14.1. The molecule has 1 amide bonds. The maximum Gasteiger partial charge on any atom is 0.407 e. The number of ether oxygens (including phenoxy) is 1. The Balaban J connectivity index is 2.17. The Bertz CT molecular complexity index is 896. The van der Waals surface area contributed by atoms with Crippen LogP contribution < -0.4 is 5.32 Å². The molecule has 10 heteroatoms. The third kappa shape index (κ3) is 7.55. The van der Waals surface area contributed by atoms with Gasteiger partial charge in [0.05, 0.1) is 0 Å². The van der Waals surface area contributed by atoms with Gasteiger partial charge in [-0.15, -0.1) is 0 Å². The normalized spacial score (nSPS) is 12.5. The summed E-state index contributed by atoms with van der Waals surface area (Å²) < 4.78 is 39.5. The molecule has 0 spiro atoms. The van der Waals surface area contributed by atoms with E-state index in [4.69, 9.17) is 32.4 Å². The first-order valence-corrected chi connectivity index (χ1v) is 14.7. The van der Waals surface area contributed by atoms with Gasteiger partial charge in [0.1, 0.15) is 24.3 Å². The van der Waals surface area contributed by atoms with Crippen LogP contribution in [0.3, 0.4) is 0 Å². The minimum absolute atomic E-state index is 0.0817. The topological polar surface area (TPSA) is 47.6 Å². The molecule has 4 nitrogen and oxygen atoms in total. The largest absolute Gasteiger partial charge is 0.446 e. The molecule has 2 rings (SSSR count). The molecule has 0 aliphatic heterocycles. The van der Waals surface area contributed by atoms with E-state index in [0.29, 0.717) is 15.6 Å². The van der Waals surface area contributed by atoms with Gasteiger partial charge in [-0.3, -0.25) is 0 Å². The van der Waals surface area contributed by atoms with E-state index in [2.05, 4.69) is 48.7 Å². The molecule has 176 valence electrons. The van der Waals surface area contributed by atoms with Crippen LogP contribution in [0.2, 0.25) is 28.2 Å². The van der Waals surface area contributed by atoms with Crippen LogP contribution in [0.5, 0.6) is 0 Å². The average molecular weight is 616 g/mol. The first-order chi connectivity index (χ1) is 15.1. The zero-order valence-corrected chi connectivity index (χ0v) is 22.8. The molecule has 0 bridgehead atoms. The molecule has 0 aliphatic carbocycles. The Morgan fingerprint density at radius 2 is 1.56 bits per heavy atom. The molecule has 2 aromatic rings. The molecule has 1 N–H and O–H groups in total. The Labute approximate surface area is 212 Å². The summed E-state index contributed by atoms with van der Waals surface area (Å²) in [6.07, 6.45) is -1.37. The van der Waals surface area contributed by atoms with Crippen molar-refractivity contribution in [1.29, 1.82) is 0 Å². The zero-order valence-electron chi connectivity index (χ0n) is 18.1. The number of hydrogen-bond donors (Lipinski definition) is 1. The SMILES string of the molecule is CC[Si](CC)(CC)OC(COC(=O)NCc1cc(F)cc(F)c1)c1c(Cl)cc(I)cc1Cl. The summed E-state index contributed by atoms with van der Waals surface area (Å²) in [5.74, 6) is -1.43. The fourth-order valence-electron chi connectivity index (χ4n) is 3.43. The summed E-state index contributed by atoms with van der Waals surface area (Å²) in [4.78, 5) is 12.3. The standard InChI is InChI=1S/C22H26Cl2F2INO3Si/c1-4-32(5-2,6-3)31-20(21-18(23)10-17(27)11-19(21)24)13-30-22(29)28-12-14-7-15(25)9-16(26)8-14/h7-11,20H,4-6,12-13H2,1-3H3,(H,28,29). The van der Waals surface area contributed by atoms with Crippen LogP contribution >= 0.6 is 45.8 Å². The number of halogens is 5. The summed E-state index contributed by atoms with van der Waals surface area (Å²) in [6.45, 7) is 6.11. The maximum absolute atomic E-state index is 13.3. The van der Waals surface area contributed by atoms with Gasteiger partial charge in [-0.25, -0.2) is 13.6 Å². The average Bonchev–Trinajstić information content (AvgIpc) is 2.72. The van der Waals surface area contributed by atoms with Gasteiger partial charge in [0.15, 0.2) is 8.32 Å². The van der Waals surface area contributed by atoms with Crippen LogP contribution in [0, 0.1) is 15.2 Å². The molecule has 32 heavy (non-hydrogen) atoms. The minimum atomic E-state index is -2.09. The molecule has 0 aromatic heterocycles. The van der Waals surface area contributed by atoms with E-state index in [1.54, 1.807) is 12.1 Å². The van der Waals surface area contributed by atoms with Crippen LogP contribution in [0.4, 0.5) is 13.6 Å². The Kier molecular flexibility index (Phi) is 10.7. The van der Waals surface area contributed by atoms with E-state index in [1.165, 1.54) is 0 Å². The van der Waals surface area contributed by atoms with Gasteiger partial charge in [-0.2, -0.15) is 0 Å². The van der Waals surface area contributed by atoms with Crippen molar-refractivity contribution in [2.24, 2.45) is 0 Å². The molecule has 0 fully saturated rings. The molecule has 1 atom stereocenters. The predicted octanol–water partition coefficient (Wildman–Crippen LogP) is 7.87. The predicted molar refractivity (Wildman–Crippen MR) is 135 cm³/mol. The van der Waals surface area contributed by atoms with Gasteiger partial charge in [0.2, 0.25) is 0 Å². The van der Waals surface area contributed by atoms with Crippen LogP contribution in [0.1, 0.15) is 38.0 Å². The molecular formula is C22H26Cl2F2INO3Si. The highest BCUT2D eigenvalue weighted by molar-refractivity contribution is 14.1. The van der Waals surface area contributed by atoms with Crippen LogP contribution in [-0.4, -0.2) is 21.0 Å². The Morgan fingerprint density at radius 3 is 2.06 bits per heavy atom. The van der Waals surface area contributed by atoms with Crippen molar-refractivity contribution in [3.8, 4) is 0 Å². The first kappa shape index (κ1) is 27.3. The van der Waals surface area contributed by atoms with E-state index in [0.717, 1.165) is 39.9 Å². The second kappa shape index (κ2) is 12.5. The van der Waals surface area contributed by atoms with Crippen LogP contribution in [-0.2, 0) is 15.7 Å². The lowest BCUT2D eigenvalue weighted by molar-refractivity contribution is 0.0754. The highest BCUT2D eigenvalue weighted by atomic mass is 127. The second-order valence-electron chi connectivity index (χ2n) is 7.36. The number of carbonyl (C=O) groups excluding carboxylic acids is 1. The van der Waals surface area contributed by atoms with Crippen molar-refractivity contribution in [3.63, 3.8) is 0 Å². The third-order valence-corrected chi connectivity index (χ3v) is 11.3. The summed E-state index contributed by atoms with van der Waals surface area (Å²) in [7, 11) is -2.09. The van der Waals surface area contributed by atoms with E-state index < -0.39 is 32.1 Å². The first-order valence-electron chi connectivity index (χ1n) is 10.3. The third-order valence-electron chi connectivity index (χ3n) is 5.42. The molecule has 2 aromatic carbocycles. The molecule has 0 saturated carbocycles. The Morgan fingerprint density at radius 1 is 1.03 bits per heavy atom. The molecule has 0 heterocycles. The summed E-state index contributed by atoms with van der Waals surface area (Å²) in [6, 6.07) is 9.31. The summed E-state index contributed by atoms with van der Waals surface area (Å²) in [5.41, 5.74) is 0.867. The number of benzene rings is 2. The van der Waals surface area contributed by atoms with E-state index >= 15 is 0 Å². The number of hydrogen-bond acceptors (Lipinski definition) is 3.